The third-order valence-electron chi connectivity index (χ3n) is 10.3. The van der Waals surface area contributed by atoms with E-state index in [1.807, 2.05) is 23.5 Å². The van der Waals surface area contributed by atoms with Crippen LogP contribution >= 0.6 is 11.3 Å². The van der Waals surface area contributed by atoms with Crippen molar-refractivity contribution >= 4 is 81.2 Å². The van der Waals surface area contributed by atoms with Gasteiger partial charge < -0.3 is 8.83 Å². The molecule has 3 aromatic heterocycles. The van der Waals surface area contributed by atoms with E-state index in [1.54, 1.807) is 0 Å². The van der Waals surface area contributed by atoms with Crippen molar-refractivity contribution < 1.29 is 13.8 Å². The molecule has 0 spiro atoms. The van der Waals surface area contributed by atoms with Crippen molar-refractivity contribution in [3.63, 3.8) is 0 Å². The average Bonchev–Trinajstić information content (AvgIpc) is 3.88. The molecule has 2 atom stereocenters. The van der Waals surface area contributed by atoms with E-state index >= 15 is 0 Å². The van der Waals surface area contributed by atoms with Crippen LogP contribution in [0.1, 0.15) is 29.0 Å². The predicted molar refractivity (Wildman–Crippen MR) is 209 cm³/mol. The van der Waals surface area contributed by atoms with Crippen LogP contribution in [0.2, 0.25) is 0 Å². The van der Waals surface area contributed by atoms with Gasteiger partial charge >= 0.3 is 0 Å². The fourth-order valence-electron chi connectivity index (χ4n) is 7.80. The minimum Gasteiger partial charge on any atom is -0.456 e. The Balaban J connectivity index is 1.06. The second-order valence-electron chi connectivity index (χ2n) is 13.2. The monoisotopic (exact) mass is 676 g/mol. The number of rotatable bonds is 4. The Hall–Kier alpha value is -6.21. The lowest BCUT2D eigenvalue weighted by molar-refractivity contribution is -0.527. The second kappa shape index (κ2) is 11.2. The molecule has 0 fully saturated rings. The number of furan rings is 2. The van der Waals surface area contributed by atoms with Gasteiger partial charge in [0.1, 0.15) is 22.3 Å². The maximum atomic E-state index is 6.92. The van der Waals surface area contributed by atoms with Gasteiger partial charge in [0.25, 0.3) is 5.84 Å². The number of fused-ring (bicyclic) bond motifs is 9. The molecule has 7 aromatic carbocycles. The molecule has 51 heavy (non-hydrogen) atoms. The molecule has 1 aliphatic heterocycles. The normalized spacial score (nSPS) is 16.4. The van der Waals surface area contributed by atoms with Crippen molar-refractivity contribution in [2.24, 2.45) is 0 Å². The predicted octanol–water partition coefficient (Wildman–Crippen LogP) is 9.94. The molecule has 0 saturated heterocycles. The molecule has 0 bridgehead atoms. The van der Waals surface area contributed by atoms with E-state index in [1.165, 1.54) is 25.7 Å². The highest BCUT2D eigenvalue weighted by Gasteiger charge is 2.33. The largest absolute Gasteiger partial charge is 0.456 e. The van der Waals surface area contributed by atoms with Gasteiger partial charge in [-0.25, -0.2) is 5.32 Å². The highest BCUT2D eigenvalue weighted by atomic mass is 32.1. The van der Waals surface area contributed by atoms with Gasteiger partial charge in [0.2, 0.25) is 0 Å². The van der Waals surface area contributed by atoms with Gasteiger partial charge in [-0.05, 0) is 48.0 Å². The smallest absolute Gasteiger partial charge is 0.281 e. The zero-order chi connectivity index (χ0) is 33.5. The van der Waals surface area contributed by atoms with Crippen LogP contribution in [0.4, 0.5) is 0 Å². The Morgan fingerprint density at radius 1 is 0.490 bits per heavy atom. The van der Waals surface area contributed by atoms with E-state index < -0.39 is 0 Å². The summed E-state index contributed by atoms with van der Waals surface area (Å²) in [5, 5.41) is 14.6. The van der Waals surface area contributed by atoms with Crippen LogP contribution in [0.3, 0.4) is 0 Å². The molecular formula is C45H30N3O2S+. The lowest BCUT2D eigenvalue weighted by Gasteiger charge is -2.27. The summed E-state index contributed by atoms with van der Waals surface area (Å²) in [6.45, 7) is 0. The van der Waals surface area contributed by atoms with E-state index in [0.29, 0.717) is 0 Å². The third kappa shape index (κ3) is 4.54. The molecule has 0 aliphatic carbocycles. The Morgan fingerprint density at radius 3 is 2.08 bits per heavy atom. The first-order valence-corrected chi connectivity index (χ1v) is 18.1. The van der Waals surface area contributed by atoms with Crippen molar-refractivity contribution in [1.29, 1.82) is 0 Å². The molecule has 0 amide bonds. The lowest BCUT2D eigenvalue weighted by Crippen LogP contribution is -2.85. The number of hydrogen-bond acceptors (Lipinski definition) is 5. The fourth-order valence-corrected chi connectivity index (χ4v) is 8.89. The molecule has 0 saturated carbocycles. The summed E-state index contributed by atoms with van der Waals surface area (Å²) in [6, 6.07) is 53.5. The molecular weight excluding hydrogens is 647 g/mol. The Morgan fingerprint density at radius 2 is 1.20 bits per heavy atom. The minimum atomic E-state index is -0.153. The van der Waals surface area contributed by atoms with Crippen LogP contribution in [0, 0.1) is 0 Å². The van der Waals surface area contributed by atoms with Gasteiger partial charge in [0, 0.05) is 58.4 Å². The summed E-state index contributed by atoms with van der Waals surface area (Å²) in [4.78, 5) is 3.83. The number of para-hydroxylation sites is 3. The Bertz CT molecular complexity index is 3010. The van der Waals surface area contributed by atoms with Gasteiger partial charge in [-0.2, -0.15) is 0 Å². The van der Waals surface area contributed by atoms with Crippen molar-refractivity contribution in [1.82, 2.24) is 10.6 Å². The number of thiophene rings is 1. The minimum absolute atomic E-state index is 0.131. The molecule has 10 aromatic rings. The Kier molecular flexibility index (Phi) is 6.26. The van der Waals surface area contributed by atoms with E-state index in [2.05, 4.69) is 155 Å². The highest BCUT2D eigenvalue weighted by Crippen LogP contribution is 2.40. The maximum Gasteiger partial charge on any atom is 0.281 e. The van der Waals surface area contributed by atoms with E-state index in [4.69, 9.17) is 8.83 Å². The zero-order valence-electron chi connectivity index (χ0n) is 27.3. The van der Waals surface area contributed by atoms with Crippen LogP contribution in [-0.2, 0) is 0 Å². The summed E-state index contributed by atoms with van der Waals surface area (Å²) in [6.07, 6.45) is -0.284. The number of benzene rings is 7. The molecule has 242 valence electrons. The number of hydrogen-bond donors (Lipinski definition) is 3. The quantitative estimate of drug-likeness (QED) is 0.174. The first-order chi connectivity index (χ1) is 25.2. The molecule has 0 radical (unpaired) electrons. The Labute approximate surface area is 296 Å². The van der Waals surface area contributed by atoms with Crippen LogP contribution in [-0.4, -0.2) is 5.84 Å². The van der Waals surface area contributed by atoms with Crippen LogP contribution in [0.5, 0.6) is 0 Å². The summed E-state index contributed by atoms with van der Waals surface area (Å²) in [5.74, 6) is 0.915. The molecule has 11 rings (SSSR count). The van der Waals surface area contributed by atoms with E-state index in [-0.39, 0.29) is 12.3 Å². The number of nitrogens with one attached hydrogen (secondary N) is 3. The molecule has 4 heterocycles. The lowest BCUT2D eigenvalue weighted by atomic mass is 10.0. The molecule has 2 unspecified atom stereocenters. The van der Waals surface area contributed by atoms with E-state index in [0.717, 1.165) is 72.0 Å². The van der Waals surface area contributed by atoms with Gasteiger partial charge in [-0.1, -0.05) is 109 Å². The van der Waals surface area contributed by atoms with Gasteiger partial charge in [-0.15, -0.1) is 11.3 Å². The summed E-state index contributed by atoms with van der Waals surface area (Å²) in [5.41, 5.74) is 8.86. The van der Waals surface area contributed by atoms with Crippen LogP contribution < -0.4 is 15.6 Å². The summed E-state index contributed by atoms with van der Waals surface area (Å²) < 4.78 is 15.8. The van der Waals surface area contributed by atoms with Gasteiger partial charge in [0.15, 0.2) is 17.9 Å². The second-order valence-corrected chi connectivity index (χ2v) is 14.3. The standard InChI is InChI=1S/C45H29N3O2S/c1-2-10-26(11-3-1)43-46-44(28-21-23-40-36(24-28)32-13-5-7-19-39(32)51-40)48-45(47-43)35-17-9-16-34-33-15-8-14-29(41(33)50-42(34)35)27-20-22-31-30-12-4-6-18-37(30)49-38(31)25-27/h1-25,43-44,46H,(H,47,48)/p+1. The van der Waals surface area contributed by atoms with Gasteiger partial charge in [0.05, 0.1) is 0 Å². The van der Waals surface area contributed by atoms with Crippen LogP contribution in [0.15, 0.2) is 160 Å². The summed E-state index contributed by atoms with van der Waals surface area (Å²) in [7, 11) is 0. The van der Waals surface area contributed by atoms with Crippen molar-refractivity contribution in [3.05, 3.63) is 168 Å². The maximum absolute atomic E-state index is 6.92. The molecule has 1 aliphatic rings. The van der Waals surface area contributed by atoms with Crippen molar-refractivity contribution in [3.8, 4) is 11.1 Å². The topological polar surface area (TPSA) is 64.3 Å². The fraction of sp³-hybridized carbons (Fsp3) is 0.0444. The first kappa shape index (κ1) is 28.6. The summed E-state index contributed by atoms with van der Waals surface area (Å²) >= 11 is 1.84. The third-order valence-corrected chi connectivity index (χ3v) is 11.4. The first-order valence-electron chi connectivity index (χ1n) is 17.2. The molecule has 5 nitrogen and oxygen atoms in total. The van der Waals surface area contributed by atoms with Crippen molar-refractivity contribution in [2.45, 2.75) is 12.3 Å². The number of amidine groups is 1. The highest BCUT2D eigenvalue weighted by molar-refractivity contribution is 7.25. The SMILES string of the molecule is c1ccc(C2NC(c3cccc4c3oc3c(-c5ccc6c(c5)oc5ccccc56)cccc34)=[NH+]C(c3ccc4sc5ccccc5c4c3)N2)cc1. The average molecular weight is 677 g/mol. The molecule has 6 heteroatoms. The molecule has 3 N–H and O–H groups in total. The van der Waals surface area contributed by atoms with Crippen molar-refractivity contribution in [2.75, 3.05) is 0 Å². The zero-order valence-corrected chi connectivity index (χ0v) is 28.1. The van der Waals surface area contributed by atoms with E-state index in [9.17, 15) is 0 Å². The van der Waals surface area contributed by atoms with Crippen LogP contribution in [0.25, 0.3) is 75.2 Å². The van der Waals surface area contributed by atoms with Gasteiger partial charge in [-0.3, -0.25) is 10.3 Å².